The number of Topliss-reactive ketones (excluding diaryl/α,β-unsaturated/α-hetero) is 1. The number of alkyl halides is 6. The van der Waals surface area contributed by atoms with Crippen LogP contribution in [0.3, 0.4) is 0 Å². The summed E-state index contributed by atoms with van der Waals surface area (Å²) in [6, 6.07) is 12.3. The largest absolute Gasteiger partial charge is 0.490 e. The molecule has 1 fully saturated rings. The maximum absolute atomic E-state index is 13.5. The summed E-state index contributed by atoms with van der Waals surface area (Å²) in [5.74, 6) is -6.47. The molecule has 1 aliphatic carbocycles. The van der Waals surface area contributed by atoms with Crippen LogP contribution in [-0.2, 0) is 20.8 Å². The monoisotopic (exact) mass is 611 g/mol. The van der Waals surface area contributed by atoms with Crippen LogP contribution in [0.2, 0.25) is 0 Å². The number of hydrogen-bond donors (Lipinski definition) is 2. The summed E-state index contributed by atoms with van der Waals surface area (Å²) in [6.07, 6.45) is -14.7. The molecule has 0 radical (unpaired) electrons. The minimum Gasteiger partial charge on any atom is -0.490 e. The lowest BCUT2D eigenvalue weighted by molar-refractivity contribution is -0.152. The van der Waals surface area contributed by atoms with Gasteiger partial charge in [0.2, 0.25) is 11.8 Å². The van der Waals surface area contributed by atoms with E-state index in [1.165, 1.54) is 0 Å². The van der Waals surface area contributed by atoms with Crippen molar-refractivity contribution in [1.29, 1.82) is 0 Å². The van der Waals surface area contributed by atoms with E-state index in [1.54, 1.807) is 36.4 Å². The number of benzene rings is 2. The lowest BCUT2D eigenvalue weighted by atomic mass is 9.83. The smallest absolute Gasteiger partial charge is 0.389 e. The first-order valence-electron chi connectivity index (χ1n) is 13.8. The van der Waals surface area contributed by atoms with Crippen molar-refractivity contribution >= 4 is 23.3 Å². The molecule has 7 nitrogen and oxygen atoms in total. The fourth-order valence-corrected chi connectivity index (χ4v) is 5.06. The number of carbonyl (C=O) groups is 3. The number of fused-ring (bicyclic) bond motifs is 1. The number of nitrogens with zero attached hydrogens (tertiary/aromatic N) is 1. The number of rotatable bonds is 11. The van der Waals surface area contributed by atoms with Gasteiger partial charge in [0.05, 0.1) is 11.8 Å². The highest BCUT2D eigenvalue weighted by atomic mass is 19.4. The number of hydrogen-bond acceptors (Lipinski definition) is 5. The molecular weight excluding hydrogens is 580 g/mol. The molecule has 3 atom stereocenters. The molecule has 3 N–H and O–H groups in total. The van der Waals surface area contributed by atoms with Crippen LogP contribution >= 0.6 is 0 Å². The zero-order valence-corrected chi connectivity index (χ0v) is 23.2. The summed E-state index contributed by atoms with van der Waals surface area (Å²) < 4.78 is 84.3. The summed E-state index contributed by atoms with van der Waals surface area (Å²) in [6.45, 7) is 1.84. The summed E-state index contributed by atoms with van der Waals surface area (Å²) >= 11 is 0. The fourth-order valence-electron chi connectivity index (χ4n) is 5.06. The molecule has 1 heterocycles. The van der Waals surface area contributed by atoms with E-state index in [9.17, 15) is 40.7 Å². The fraction of sp³-hybridized carbons (Fsp3) is 0.467. The molecule has 0 unspecified atom stereocenters. The molecule has 0 aromatic heterocycles. The Morgan fingerprint density at radius 3 is 2.21 bits per heavy atom. The van der Waals surface area contributed by atoms with Gasteiger partial charge in [0.1, 0.15) is 5.75 Å². The first kappa shape index (κ1) is 32.0. The molecule has 1 aliphatic heterocycles. The SMILES string of the molecule is Cc1cccc(C2=N[C@H](NC(=O)[C@H](CCC(F)(F)F)[C@H](CCC(F)(F)F)C(N)=O)C(=O)Cc3c(OC4CC4)cccc32)c1. The van der Waals surface area contributed by atoms with Crippen molar-refractivity contribution in [3.05, 3.63) is 64.7 Å². The minimum absolute atomic E-state index is 0.00321. The van der Waals surface area contributed by atoms with Crippen LogP contribution in [-0.4, -0.2) is 47.9 Å². The third-order valence-corrected chi connectivity index (χ3v) is 7.36. The number of primary amides is 1. The van der Waals surface area contributed by atoms with Gasteiger partial charge in [0.25, 0.3) is 0 Å². The molecule has 232 valence electrons. The van der Waals surface area contributed by atoms with Crippen LogP contribution in [0.25, 0.3) is 0 Å². The molecule has 13 heteroatoms. The van der Waals surface area contributed by atoms with Crippen molar-refractivity contribution in [1.82, 2.24) is 5.32 Å². The van der Waals surface area contributed by atoms with Crippen molar-refractivity contribution in [2.24, 2.45) is 22.6 Å². The van der Waals surface area contributed by atoms with Crippen LogP contribution < -0.4 is 15.8 Å². The van der Waals surface area contributed by atoms with E-state index in [0.29, 0.717) is 28.2 Å². The first-order valence-corrected chi connectivity index (χ1v) is 13.8. The van der Waals surface area contributed by atoms with Gasteiger partial charge in [0.15, 0.2) is 11.9 Å². The van der Waals surface area contributed by atoms with E-state index in [2.05, 4.69) is 10.3 Å². The van der Waals surface area contributed by atoms with Crippen LogP contribution in [0.4, 0.5) is 26.3 Å². The first-order chi connectivity index (χ1) is 20.1. The van der Waals surface area contributed by atoms with Crippen LogP contribution in [0.5, 0.6) is 5.75 Å². The second kappa shape index (κ2) is 12.8. The second-order valence-corrected chi connectivity index (χ2v) is 10.9. The Kier molecular flexibility index (Phi) is 9.50. The lowest BCUT2D eigenvalue weighted by Gasteiger charge is -2.26. The van der Waals surface area contributed by atoms with Gasteiger partial charge < -0.3 is 15.8 Å². The van der Waals surface area contributed by atoms with Crippen molar-refractivity contribution in [2.45, 2.75) is 76.5 Å². The molecule has 0 saturated heterocycles. The van der Waals surface area contributed by atoms with Gasteiger partial charge in [-0.25, -0.2) is 0 Å². The molecule has 2 aliphatic rings. The molecular formula is C30H31F6N3O4. The average Bonchev–Trinajstić information content (AvgIpc) is 3.72. The van der Waals surface area contributed by atoms with Crippen LogP contribution in [0, 0.1) is 18.8 Å². The quantitative estimate of drug-likeness (QED) is 0.334. The molecule has 0 spiro atoms. The molecule has 0 bridgehead atoms. The van der Waals surface area contributed by atoms with Gasteiger partial charge in [-0.3, -0.25) is 19.4 Å². The predicted molar refractivity (Wildman–Crippen MR) is 144 cm³/mol. The van der Waals surface area contributed by atoms with Gasteiger partial charge in [-0.05, 0) is 44.7 Å². The number of nitrogens with two attached hydrogens (primary N) is 1. The van der Waals surface area contributed by atoms with Crippen LogP contribution in [0.15, 0.2) is 47.5 Å². The van der Waals surface area contributed by atoms with E-state index in [-0.39, 0.29) is 12.5 Å². The normalized spacial score (nSPS) is 18.6. The Morgan fingerprint density at radius 1 is 1.00 bits per heavy atom. The number of ketones is 1. The molecule has 2 amide bonds. The number of aryl methyl sites for hydroxylation is 1. The van der Waals surface area contributed by atoms with Crippen molar-refractivity contribution in [2.75, 3.05) is 0 Å². The Labute approximate surface area is 243 Å². The summed E-state index contributed by atoms with van der Waals surface area (Å²) in [7, 11) is 0. The van der Waals surface area contributed by atoms with E-state index in [0.717, 1.165) is 18.4 Å². The number of halogens is 6. The van der Waals surface area contributed by atoms with Gasteiger partial charge in [-0.1, -0.05) is 35.9 Å². The highest BCUT2D eigenvalue weighted by molar-refractivity contribution is 6.16. The summed E-state index contributed by atoms with van der Waals surface area (Å²) in [4.78, 5) is 43.6. The maximum atomic E-state index is 13.5. The van der Waals surface area contributed by atoms with Gasteiger partial charge in [-0.15, -0.1) is 0 Å². The van der Waals surface area contributed by atoms with Crippen LogP contribution in [0.1, 0.15) is 60.8 Å². The lowest BCUT2D eigenvalue weighted by Crippen LogP contribution is -2.47. The zero-order chi connectivity index (χ0) is 31.5. The van der Waals surface area contributed by atoms with E-state index in [4.69, 9.17) is 10.5 Å². The predicted octanol–water partition coefficient (Wildman–Crippen LogP) is 5.34. The van der Waals surface area contributed by atoms with Crippen molar-refractivity contribution in [3.8, 4) is 5.75 Å². The maximum Gasteiger partial charge on any atom is 0.389 e. The highest BCUT2D eigenvalue weighted by Crippen LogP contribution is 2.35. The molecule has 43 heavy (non-hydrogen) atoms. The zero-order valence-electron chi connectivity index (χ0n) is 23.2. The summed E-state index contributed by atoms with van der Waals surface area (Å²) in [5, 5.41) is 2.33. The Hall–Kier alpha value is -3.90. The number of nitrogens with one attached hydrogen (secondary N) is 1. The van der Waals surface area contributed by atoms with Crippen molar-refractivity contribution < 1.29 is 45.5 Å². The standard InChI is InChI=1S/C30H31F6N3O4/c1-16-4-2-5-17(14-16)25-19-6-3-7-24(43-18-8-9-18)22(19)15-23(40)27(38-25)39-28(42)21(11-13-30(34,35)36)20(26(37)41)10-12-29(31,32)33/h2-7,14,18,20-21,27H,8-13,15H2,1H3,(H2,37,41)(H,39,42)/t20-,21+,27+/m0/s1. The van der Waals surface area contributed by atoms with Gasteiger partial charge in [0, 0.05) is 47.8 Å². The minimum atomic E-state index is -4.76. The Morgan fingerprint density at radius 2 is 1.63 bits per heavy atom. The molecule has 4 rings (SSSR count). The Balaban J connectivity index is 1.71. The van der Waals surface area contributed by atoms with E-state index >= 15 is 0 Å². The summed E-state index contributed by atoms with van der Waals surface area (Å²) in [5.41, 5.74) is 8.13. The number of aliphatic imine (C=N–C) groups is 1. The molecule has 2 aromatic carbocycles. The van der Waals surface area contributed by atoms with Gasteiger partial charge >= 0.3 is 12.4 Å². The third kappa shape index (κ3) is 8.80. The number of carbonyl (C=O) groups excluding carboxylic acids is 3. The highest BCUT2D eigenvalue weighted by Gasteiger charge is 2.41. The Bertz CT molecular complexity index is 1400. The second-order valence-electron chi connectivity index (χ2n) is 10.9. The van der Waals surface area contributed by atoms with Crippen molar-refractivity contribution in [3.63, 3.8) is 0 Å². The third-order valence-electron chi connectivity index (χ3n) is 7.36. The number of ether oxygens (including phenoxy) is 1. The number of amides is 2. The van der Waals surface area contributed by atoms with Gasteiger partial charge in [-0.2, -0.15) is 26.3 Å². The molecule has 1 saturated carbocycles. The topological polar surface area (TPSA) is 111 Å². The molecule has 2 aromatic rings. The van der Waals surface area contributed by atoms with E-state index in [1.807, 2.05) is 13.0 Å². The van der Waals surface area contributed by atoms with E-state index < -0.39 is 73.6 Å². The average molecular weight is 612 g/mol.